The maximum absolute atomic E-state index is 13.1. The normalized spacial score (nSPS) is 15.8. The van der Waals surface area contributed by atoms with Crippen LogP contribution in [0.5, 0.6) is 0 Å². The van der Waals surface area contributed by atoms with Gasteiger partial charge in [0, 0.05) is 11.6 Å². The molecule has 1 aromatic carbocycles. The Morgan fingerprint density at radius 2 is 2.12 bits per heavy atom. The van der Waals surface area contributed by atoms with Crippen molar-refractivity contribution in [3.8, 4) is 6.07 Å². The minimum absolute atomic E-state index is 0.0435. The maximum Gasteiger partial charge on any atom is 0.254 e. The molecule has 5 heteroatoms. The summed E-state index contributed by atoms with van der Waals surface area (Å²) in [5.74, 6) is 0.733. The fourth-order valence-electron chi connectivity index (χ4n) is 3.13. The summed E-state index contributed by atoms with van der Waals surface area (Å²) in [5.41, 5.74) is 1.06. The summed E-state index contributed by atoms with van der Waals surface area (Å²) in [5, 5.41) is 9.07. The van der Waals surface area contributed by atoms with Crippen LogP contribution in [-0.4, -0.2) is 41.9 Å². The molecule has 0 N–H and O–H groups in total. The van der Waals surface area contributed by atoms with E-state index >= 15 is 0 Å². The van der Waals surface area contributed by atoms with E-state index in [0.29, 0.717) is 17.7 Å². The van der Waals surface area contributed by atoms with Crippen LogP contribution in [0.4, 0.5) is 0 Å². The lowest BCUT2D eigenvalue weighted by Gasteiger charge is -2.37. The highest BCUT2D eigenvalue weighted by molar-refractivity contribution is 5.94. The number of piperidine rings is 1. The number of hydrogen-bond acceptors (Lipinski definition) is 4. The monoisotopic (exact) mass is 323 g/mol. The third-order valence-corrected chi connectivity index (χ3v) is 4.53. The van der Waals surface area contributed by atoms with E-state index in [9.17, 15) is 4.79 Å². The Hall–Kier alpha value is -2.58. The van der Waals surface area contributed by atoms with Gasteiger partial charge in [0.2, 0.25) is 0 Å². The van der Waals surface area contributed by atoms with Crippen molar-refractivity contribution in [1.82, 2.24) is 9.80 Å². The molecule has 2 aromatic rings. The largest absolute Gasteiger partial charge is 0.467 e. The topological polar surface area (TPSA) is 60.5 Å². The molecule has 0 atom stereocenters. The molecule has 0 unspecified atom stereocenters. The second-order valence-electron chi connectivity index (χ2n) is 6.24. The lowest BCUT2D eigenvalue weighted by molar-refractivity contribution is 0.0550. The highest BCUT2D eigenvalue weighted by atomic mass is 16.3. The van der Waals surface area contributed by atoms with Crippen LogP contribution in [-0.2, 0) is 6.54 Å². The average Bonchev–Trinajstić information content (AvgIpc) is 3.13. The van der Waals surface area contributed by atoms with Gasteiger partial charge in [0.1, 0.15) is 5.76 Å². The lowest BCUT2D eigenvalue weighted by Crippen LogP contribution is -2.46. The average molecular weight is 323 g/mol. The van der Waals surface area contributed by atoms with Gasteiger partial charge in [0.05, 0.1) is 24.4 Å². The Morgan fingerprint density at radius 1 is 1.33 bits per heavy atom. The Labute approximate surface area is 142 Å². The van der Waals surface area contributed by atoms with Crippen molar-refractivity contribution in [2.24, 2.45) is 0 Å². The molecular weight excluding hydrogens is 302 g/mol. The summed E-state index contributed by atoms with van der Waals surface area (Å²) in [4.78, 5) is 17.3. The molecule has 0 saturated carbocycles. The van der Waals surface area contributed by atoms with Crippen molar-refractivity contribution in [3.63, 3.8) is 0 Å². The summed E-state index contributed by atoms with van der Waals surface area (Å²) in [7, 11) is 2.10. The van der Waals surface area contributed by atoms with Crippen LogP contribution >= 0.6 is 0 Å². The molecule has 3 rings (SSSR count). The third-order valence-electron chi connectivity index (χ3n) is 4.53. The first-order chi connectivity index (χ1) is 11.7. The predicted molar refractivity (Wildman–Crippen MR) is 90.3 cm³/mol. The highest BCUT2D eigenvalue weighted by Crippen LogP contribution is 2.21. The van der Waals surface area contributed by atoms with Gasteiger partial charge in [-0.25, -0.2) is 0 Å². The molecule has 1 amide bonds. The highest BCUT2D eigenvalue weighted by Gasteiger charge is 2.28. The molecule has 0 spiro atoms. The minimum Gasteiger partial charge on any atom is -0.467 e. The Bertz CT molecular complexity index is 725. The number of amides is 1. The molecule has 0 aliphatic carbocycles. The van der Waals surface area contributed by atoms with Crippen LogP contribution < -0.4 is 0 Å². The SMILES string of the molecule is CN1CCC(N(Cc2ccco2)C(=O)c2cccc(C#N)c2)CC1. The van der Waals surface area contributed by atoms with Gasteiger partial charge < -0.3 is 14.2 Å². The van der Waals surface area contributed by atoms with E-state index in [1.807, 2.05) is 17.0 Å². The molecule has 124 valence electrons. The van der Waals surface area contributed by atoms with Crippen LogP contribution in [0.15, 0.2) is 47.1 Å². The molecule has 1 aliphatic rings. The summed E-state index contributed by atoms with van der Waals surface area (Å²) in [6, 6.07) is 12.9. The Morgan fingerprint density at radius 3 is 2.79 bits per heavy atom. The first kappa shape index (κ1) is 16.3. The summed E-state index contributed by atoms with van der Waals surface area (Å²) < 4.78 is 5.45. The van der Waals surface area contributed by atoms with E-state index < -0.39 is 0 Å². The van der Waals surface area contributed by atoms with Crippen LogP contribution in [0, 0.1) is 11.3 Å². The van der Waals surface area contributed by atoms with Gasteiger partial charge in [0.15, 0.2) is 0 Å². The number of rotatable bonds is 4. The van der Waals surface area contributed by atoms with Gasteiger partial charge in [-0.3, -0.25) is 4.79 Å². The zero-order valence-electron chi connectivity index (χ0n) is 13.8. The number of carbonyl (C=O) groups is 1. The predicted octanol–water partition coefficient (Wildman–Crippen LogP) is 2.89. The first-order valence-corrected chi connectivity index (χ1v) is 8.19. The number of nitrogens with zero attached hydrogens (tertiary/aromatic N) is 3. The zero-order valence-corrected chi connectivity index (χ0v) is 13.8. The number of furan rings is 1. The van der Waals surface area contributed by atoms with Crippen molar-refractivity contribution in [2.75, 3.05) is 20.1 Å². The number of likely N-dealkylation sites (tertiary alicyclic amines) is 1. The maximum atomic E-state index is 13.1. The number of hydrogen-bond donors (Lipinski definition) is 0. The summed E-state index contributed by atoms with van der Waals surface area (Å²) in [6.45, 7) is 2.41. The van der Waals surface area contributed by atoms with E-state index in [1.165, 1.54) is 0 Å². The molecule has 24 heavy (non-hydrogen) atoms. The van der Waals surface area contributed by atoms with Gasteiger partial charge in [-0.1, -0.05) is 6.07 Å². The van der Waals surface area contributed by atoms with Crippen molar-refractivity contribution in [2.45, 2.75) is 25.4 Å². The van der Waals surface area contributed by atoms with Gasteiger partial charge >= 0.3 is 0 Å². The van der Waals surface area contributed by atoms with E-state index in [-0.39, 0.29) is 11.9 Å². The van der Waals surface area contributed by atoms with E-state index in [2.05, 4.69) is 18.0 Å². The smallest absolute Gasteiger partial charge is 0.254 e. The zero-order chi connectivity index (χ0) is 16.9. The molecule has 1 saturated heterocycles. The van der Waals surface area contributed by atoms with Crippen molar-refractivity contribution in [1.29, 1.82) is 5.26 Å². The minimum atomic E-state index is -0.0435. The number of nitriles is 1. The van der Waals surface area contributed by atoms with Crippen LogP contribution in [0.3, 0.4) is 0 Å². The second kappa shape index (κ2) is 7.33. The number of benzene rings is 1. The quantitative estimate of drug-likeness (QED) is 0.868. The first-order valence-electron chi connectivity index (χ1n) is 8.19. The fourth-order valence-corrected chi connectivity index (χ4v) is 3.13. The lowest BCUT2D eigenvalue weighted by atomic mass is 10.0. The molecule has 5 nitrogen and oxygen atoms in total. The van der Waals surface area contributed by atoms with Crippen LogP contribution in [0.1, 0.15) is 34.5 Å². The molecule has 0 bridgehead atoms. The van der Waals surface area contributed by atoms with Crippen molar-refractivity contribution < 1.29 is 9.21 Å². The number of carbonyl (C=O) groups excluding carboxylic acids is 1. The van der Waals surface area contributed by atoms with E-state index in [4.69, 9.17) is 9.68 Å². The molecule has 1 fully saturated rings. The molecule has 1 aliphatic heterocycles. The molecular formula is C19H21N3O2. The third kappa shape index (κ3) is 3.66. The van der Waals surface area contributed by atoms with Crippen molar-refractivity contribution in [3.05, 3.63) is 59.5 Å². The summed E-state index contributed by atoms with van der Waals surface area (Å²) in [6.07, 6.45) is 3.52. The van der Waals surface area contributed by atoms with Gasteiger partial charge in [-0.2, -0.15) is 5.26 Å². The van der Waals surface area contributed by atoms with Gasteiger partial charge in [0.25, 0.3) is 5.91 Å². The van der Waals surface area contributed by atoms with Crippen LogP contribution in [0.25, 0.3) is 0 Å². The molecule has 2 heterocycles. The second-order valence-corrected chi connectivity index (χ2v) is 6.24. The Kier molecular flexibility index (Phi) is 4.97. The van der Waals surface area contributed by atoms with Gasteiger partial charge in [-0.05, 0) is 63.3 Å². The van der Waals surface area contributed by atoms with Gasteiger partial charge in [-0.15, -0.1) is 0 Å². The summed E-state index contributed by atoms with van der Waals surface area (Å²) >= 11 is 0. The molecule has 1 aromatic heterocycles. The fraction of sp³-hybridized carbons (Fsp3) is 0.368. The van der Waals surface area contributed by atoms with E-state index in [0.717, 1.165) is 31.7 Å². The van der Waals surface area contributed by atoms with Crippen molar-refractivity contribution >= 4 is 5.91 Å². The van der Waals surface area contributed by atoms with Crippen LogP contribution in [0.2, 0.25) is 0 Å². The molecule has 0 radical (unpaired) electrons. The standard InChI is InChI=1S/C19H21N3O2/c1-21-9-7-17(8-10-21)22(14-18-6-3-11-24-18)19(23)16-5-2-4-15(12-16)13-20/h2-6,11-12,17H,7-10,14H2,1H3. The Balaban J connectivity index is 1.85. The van der Waals surface area contributed by atoms with E-state index in [1.54, 1.807) is 30.5 Å².